The Hall–Kier alpha value is -1.38. The summed E-state index contributed by atoms with van der Waals surface area (Å²) >= 11 is 0. The predicted molar refractivity (Wildman–Crippen MR) is 47.8 cm³/mol. The fraction of sp³-hybridized carbons (Fsp3) is 0.400. The Morgan fingerprint density at radius 3 is 3.15 bits per heavy atom. The average molecular weight is 177 g/mol. The predicted octanol–water partition coefficient (Wildman–Crippen LogP) is 1.68. The molecule has 0 saturated heterocycles. The minimum atomic E-state index is 0.462. The van der Waals surface area contributed by atoms with E-state index in [4.69, 9.17) is 4.74 Å². The largest absolute Gasteiger partial charge is 0.477 e. The normalized spacial score (nSPS) is 15.4. The molecule has 0 bridgehead atoms. The lowest BCUT2D eigenvalue weighted by Crippen LogP contribution is -2.02. The van der Waals surface area contributed by atoms with Gasteiger partial charge in [0.1, 0.15) is 0 Å². The van der Waals surface area contributed by atoms with E-state index in [2.05, 4.69) is 4.98 Å². The van der Waals surface area contributed by atoms with E-state index in [1.807, 2.05) is 0 Å². The molecule has 1 heterocycles. The maximum absolute atomic E-state index is 10.6. The van der Waals surface area contributed by atoms with Gasteiger partial charge in [0.25, 0.3) is 0 Å². The van der Waals surface area contributed by atoms with Gasteiger partial charge in [-0.2, -0.15) is 0 Å². The first-order valence-corrected chi connectivity index (χ1v) is 4.43. The fourth-order valence-corrected chi connectivity index (χ4v) is 1.09. The number of carbonyl (C=O) groups is 1. The minimum Gasteiger partial charge on any atom is -0.477 e. The van der Waals surface area contributed by atoms with Crippen molar-refractivity contribution in [2.24, 2.45) is 5.92 Å². The van der Waals surface area contributed by atoms with E-state index in [-0.39, 0.29) is 0 Å². The smallest absolute Gasteiger partial charge is 0.224 e. The summed E-state index contributed by atoms with van der Waals surface area (Å²) in [7, 11) is 0. The lowest BCUT2D eigenvalue weighted by atomic mass is 10.3. The minimum absolute atomic E-state index is 0.462. The fourth-order valence-electron chi connectivity index (χ4n) is 1.09. The van der Waals surface area contributed by atoms with Crippen LogP contribution in [0.5, 0.6) is 5.88 Å². The van der Waals surface area contributed by atoms with E-state index < -0.39 is 0 Å². The van der Waals surface area contributed by atoms with Crippen molar-refractivity contribution in [2.75, 3.05) is 6.61 Å². The molecule has 0 radical (unpaired) electrons. The van der Waals surface area contributed by atoms with E-state index >= 15 is 0 Å². The van der Waals surface area contributed by atoms with Gasteiger partial charge >= 0.3 is 0 Å². The average Bonchev–Trinajstić information content (AvgIpc) is 2.99. The highest BCUT2D eigenvalue weighted by Crippen LogP contribution is 2.29. The number of nitrogens with zero attached hydrogens (tertiary/aromatic N) is 1. The van der Waals surface area contributed by atoms with E-state index in [0.717, 1.165) is 6.29 Å². The van der Waals surface area contributed by atoms with Crippen molar-refractivity contribution < 1.29 is 9.53 Å². The van der Waals surface area contributed by atoms with E-state index in [1.165, 1.54) is 12.8 Å². The van der Waals surface area contributed by atoms with Crippen molar-refractivity contribution >= 4 is 6.29 Å². The molecule has 0 amide bonds. The molecule has 0 N–H and O–H groups in total. The quantitative estimate of drug-likeness (QED) is 0.657. The standard InChI is InChI=1S/C10H11NO2/c12-6-9-2-1-5-11-10(9)13-7-8-3-4-8/h1-2,5-6,8H,3-4,7H2. The molecule has 0 unspecified atom stereocenters. The molecule has 1 aromatic heterocycles. The zero-order valence-corrected chi connectivity index (χ0v) is 7.27. The summed E-state index contributed by atoms with van der Waals surface area (Å²) in [6, 6.07) is 3.44. The number of hydrogen-bond acceptors (Lipinski definition) is 3. The van der Waals surface area contributed by atoms with Crippen LogP contribution < -0.4 is 4.74 Å². The molecular formula is C10H11NO2. The van der Waals surface area contributed by atoms with Crippen molar-refractivity contribution in [1.29, 1.82) is 0 Å². The molecule has 0 spiro atoms. The van der Waals surface area contributed by atoms with E-state index in [1.54, 1.807) is 18.3 Å². The van der Waals surface area contributed by atoms with Gasteiger partial charge in [0.15, 0.2) is 6.29 Å². The lowest BCUT2D eigenvalue weighted by molar-refractivity contribution is 0.111. The summed E-state index contributed by atoms with van der Waals surface area (Å²) in [5.74, 6) is 1.14. The Morgan fingerprint density at radius 2 is 2.46 bits per heavy atom. The van der Waals surface area contributed by atoms with E-state index in [0.29, 0.717) is 24.0 Å². The summed E-state index contributed by atoms with van der Waals surface area (Å²) in [6.07, 6.45) is 4.89. The molecule has 13 heavy (non-hydrogen) atoms. The molecule has 1 fully saturated rings. The molecule has 3 heteroatoms. The first kappa shape index (κ1) is 8.23. The maximum Gasteiger partial charge on any atom is 0.224 e. The zero-order chi connectivity index (χ0) is 9.10. The van der Waals surface area contributed by atoms with Gasteiger partial charge in [-0.3, -0.25) is 4.79 Å². The first-order valence-electron chi connectivity index (χ1n) is 4.43. The van der Waals surface area contributed by atoms with Crippen LogP contribution in [0.4, 0.5) is 0 Å². The zero-order valence-electron chi connectivity index (χ0n) is 7.27. The second kappa shape index (κ2) is 3.56. The van der Waals surface area contributed by atoms with Gasteiger partial charge in [0, 0.05) is 6.20 Å². The monoisotopic (exact) mass is 177 g/mol. The Labute approximate surface area is 76.7 Å². The SMILES string of the molecule is O=Cc1cccnc1OCC1CC1. The van der Waals surface area contributed by atoms with Crippen molar-refractivity contribution in [3.63, 3.8) is 0 Å². The second-order valence-corrected chi connectivity index (χ2v) is 3.27. The third-order valence-electron chi connectivity index (χ3n) is 2.08. The van der Waals surface area contributed by atoms with Gasteiger partial charge in [-0.15, -0.1) is 0 Å². The Balaban J connectivity index is 2.03. The van der Waals surface area contributed by atoms with Gasteiger partial charge in [0.2, 0.25) is 5.88 Å². The molecule has 68 valence electrons. The van der Waals surface area contributed by atoms with Gasteiger partial charge in [-0.1, -0.05) is 0 Å². The van der Waals surface area contributed by atoms with Crippen molar-refractivity contribution in [3.05, 3.63) is 23.9 Å². The van der Waals surface area contributed by atoms with Crippen molar-refractivity contribution in [2.45, 2.75) is 12.8 Å². The van der Waals surface area contributed by atoms with Crippen molar-refractivity contribution in [1.82, 2.24) is 4.98 Å². The van der Waals surface area contributed by atoms with Crippen LogP contribution in [0.3, 0.4) is 0 Å². The molecule has 2 rings (SSSR count). The summed E-state index contributed by atoms with van der Waals surface area (Å²) < 4.78 is 5.41. The van der Waals surface area contributed by atoms with Gasteiger partial charge in [-0.25, -0.2) is 4.98 Å². The Morgan fingerprint density at radius 1 is 1.62 bits per heavy atom. The van der Waals surface area contributed by atoms with Crippen LogP contribution in [-0.4, -0.2) is 17.9 Å². The van der Waals surface area contributed by atoms with Crippen LogP contribution in [0.25, 0.3) is 0 Å². The maximum atomic E-state index is 10.6. The van der Waals surface area contributed by atoms with Crippen LogP contribution >= 0.6 is 0 Å². The van der Waals surface area contributed by atoms with Crippen LogP contribution in [-0.2, 0) is 0 Å². The highest BCUT2D eigenvalue weighted by molar-refractivity contribution is 5.77. The van der Waals surface area contributed by atoms with Crippen LogP contribution in [0.1, 0.15) is 23.2 Å². The van der Waals surface area contributed by atoms with Crippen LogP contribution in [0, 0.1) is 5.92 Å². The molecule has 1 aliphatic rings. The third-order valence-corrected chi connectivity index (χ3v) is 2.08. The number of pyridine rings is 1. The molecular weight excluding hydrogens is 166 g/mol. The van der Waals surface area contributed by atoms with Crippen LogP contribution in [0.2, 0.25) is 0 Å². The molecule has 1 saturated carbocycles. The van der Waals surface area contributed by atoms with Gasteiger partial charge < -0.3 is 4.74 Å². The van der Waals surface area contributed by atoms with Gasteiger partial charge in [-0.05, 0) is 30.9 Å². The highest BCUT2D eigenvalue weighted by Gasteiger charge is 2.22. The summed E-state index contributed by atoms with van der Waals surface area (Å²) in [5, 5.41) is 0. The highest BCUT2D eigenvalue weighted by atomic mass is 16.5. The number of hydrogen-bond donors (Lipinski definition) is 0. The van der Waals surface area contributed by atoms with Gasteiger partial charge in [0.05, 0.1) is 12.2 Å². The summed E-state index contributed by atoms with van der Waals surface area (Å²) in [6.45, 7) is 0.692. The number of aromatic nitrogens is 1. The molecule has 1 aromatic rings. The lowest BCUT2D eigenvalue weighted by Gasteiger charge is -2.04. The van der Waals surface area contributed by atoms with E-state index in [9.17, 15) is 4.79 Å². The second-order valence-electron chi connectivity index (χ2n) is 3.27. The first-order chi connectivity index (χ1) is 6.40. The number of aldehydes is 1. The molecule has 1 aliphatic carbocycles. The van der Waals surface area contributed by atoms with Crippen LogP contribution in [0.15, 0.2) is 18.3 Å². The number of carbonyl (C=O) groups excluding carboxylic acids is 1. The number of ether oxygens (including phenoxy) is 1. The molecule has 0 aliphatic heterocycles. The third kappa shape index (κ3) is 2.05. The molecule has 0 atom stereocenters. The summed E-state index contributed by atoms with van der Waals surface area (Å²) in [4.78, 5) is 14.6. The summed E-state index contributed by atoms with van der Waals surface area (Å²) in [5.41, 5.74) is 0.531. The molecule has 3 nitrogen and oxygen atoms in total. The number of rotatable bonds is 4. The molecule has 0 aromatic carbocycles. The Bertz CT molecular complexity index is 308. The van der Waals surface area contributed by atoms with Crippen molar-refractivity contribution in [3.8, 4) is 5.88 Å². The topological polar surface area (TPSA) is 39.2 Å². The Kier molecular flexibility index (Phi) is 2.25.